The van der Waals surface area contributed by atoms with E-state index in [0.29, 0.717) is 68.4 Å². The highest BCUT2D eigenvalue weighted by Gasteiger charge is 2.29. The van der Waals surface area contributed by atoms with Gasteiger partial charge >= 0.3 is 0 Å². The predicted octanol–water partition coefficient (Wildman–Crippen LogP) is 5.96. The Kier molecular flexibility index (Phi) is 11.2. The zero-order valence-corrected chi connectivity index (χ0v) is 30.2. The number of aryl methyl sites for hydroxylation is 1. The van der Waals surface area contributed by atoms with E-state index in [9.17, 15) is 9.59 Å². The van der Waals surface area contributed by atoms with E-state index in [4.69, 9.17) is 47.6 Å². The number of halogens is 2. The van der Waals surface area contributed by atoms with Crippen LogP contribution in [-0.2, 0) is 22.6 Å². The fourth-order valence-corrected chi connectivity index (χ4v) is 7.12. The summed E-state index contributed by atoms with van der Waals surface area (Å²) in [6.07, 6.45) is 6.11. The largest absolute Gasteiger partial charge is 0.480 e. The lowest BCUT2D eigenvalue weighted by atomic mass is 9.93. The van der Waals surface area contributed by atoms with Crippen LogP contribution in [0.15, 0.2) is 48.8 Å². The van der Waals surface area contributed by atoms with Gasteiger partial charge in [-0.25, -0.2) is 9.97 Å². The number of aromatic nitrogens is 4. The summed E-state index contributed by atoms with van der Waals surface area (Å²) in [5.74, 6) is 2.08. The fraction of sp³-hybridized carbons (Fsp3) is 0.405. The second-order valence-electron chi connectivity index (χ2n) is 12.9. The molecule has 2 saturated heterocycles. The molecule has 2 aliphatic rings. The molecule has 50 heavy (non-hydrogen) atoms. The van der Waals surface area contributed by atoms with Gasteiger partial charge in [-0.2, -0.15) is 0 Å². The Hall–Kier alpha value is -4.32. The highest BCUT2D eigenvalue weighted by Crippen LogP contribution is 2.42. The first-order chi connectivity index (χ1) is 24.2. The molecular weight excluding hydrogens is 677 g/mol. The van der Waals surface area contributed by atoms with Crippen molar-refractivity contribution in [2.24, 2.45) is 11.8 Å². The first kappa shape index (κ1) is 35.5. The summed E-state index contributed by atoms with van der Waals surface area (Å²) < 4.78 is 11.2. The van der Waals surface area contributed by atoms with Crippen LogP contribution in [0.25, 0.3) is 33.6 Å². The Morgan fingerprint density at radius 1 is 0.760 bits per heavy atom. The zero-order valence-electron chi connectivity index (χ0n) is 28.7. The molecule has 2 amide bonds. The van der Waals surface area contributed by atoms with Crippen LogP contribution in [0.5, 0.6) is 11.8 Å². The second kappa shape index (κ2) is 15.7. The SMILES string of the molecule is COc1nc(-c2cccc(-c3cccc(-c4cnc(CNCC5CN(C(C)=O)C5)c(OC)n4)c3Cl)c2Cl)cnc1CCCC1CN(C(C)=O)C1. The van der Waals surface area contributed by atoms with Crippen molar-refractivity contribution < 1.29 is 19.1 Å². The van der Waals surface area contributed by atoms with Crippen molar-refractivity contribution in [3.05, 3.63) is 70.2 Å². The van der Waals surface area contributed by atoms with Gasteiger partial charge in [-0.1, -0.05) is 59.6 Å². The Morgan fingerprint density at radius 2 is 1.24 bits per heavy atom. The minimum Gasteiger partial charge on any atom is -0.480 e. The number of nitrogens with one attached hydrogen (secondary N) is 1. The third-order valence-corrected chi connectivity index (χ3v) is 10.2. The molecule has 2 aromatic heterocycles. The first-order valence-electron chi connectivity index (χ1n) is 16.8. The van der Waals surface area contributed by atoms with E-state index in [0.717, 1.165) is 68.8 Å². The lowest BCUT2D eigenvalue weighted by molar-refractivity contribution is -0.135. The van der Waals surface area contributed by atoms with E-state index in [1.165, 1.54) is 0 Å². The molecule has 2 aliphatic heterocycles. The van der Waals surface area contributed by atoms with E-state index in [-0.39, 0.29) is 11.8 Å². The highest BCUT2D eigenvalue weighted by atomic mass is 35.5. The molecule has 2 aromatic carbocycles. The predicted molar refractivity (Wildman–Crippen MR) is 193 cm³/mol. The summed E-state index contributed by atoms with van der Waals surface area (Å²) >= 11 is 14.1. The average Bonchev–Trinajstić information content (AvgIpc) is 3.07. The topological polar surface area (TPSA) is 123 Å². The van der Waals surface area contributed by atoms with Crippen LogP contribution >= 0.6 is 23.2 Å². The van der Waals surface area contributed by atoms with Crippen molar-refractivity contribution in [1.29, 1.82) is 0 Å². The van der Waals surface area contributed by atoms with Crippen LogP contribution in [0.3, 0.4) is 0 Å². The highest BCUT2D eigenvalue weighted by molar-refractivity contribution is 6.39. The number of rotatable bonds is 13. The van der Waals surface area contributed by atoms with Gasteiger partial charge in [0.25, 0.3) is 0 Å². The van der Waals surface area contributed by atoms with Crippen molar-refractivity contribution in [3.63, 3.8) is 0 Å². The number of benzene rings is 2. The lowest BCUT2D eigenvalue weighted by Gasteiger charge is -2.38. The van der Waals surface area contributed by atoms with E-state index >= 15 is 0 Å². The maximum absolute atomic E-state index is 11.5. The maximum atomic E-state index is 11.5. The number of carbonyl (C=O) groups is 2. The molecule has 4 aromatic rings. The summed E-state index contributed by atoms with van der Waals surface area (Å²) in [5.41, 5.74) is 5.50. The molecule has 0 bridgehead atoms. The van der Waals surface area contributed by atoms with Crippen LogP contribution in [0, 0.1) is 11.8 Å². The van der Waals surface area contributed by atoms with Gasteiger partial charge in [0.1, 0.15) is 11.4 Å². The number of methoxy groups -OCH3 is 2. The summed E-state index contributed by atoms with van der Waals surface area (Å²) in [5, 5.41) is 4.37. The van der Waals surface area contributed by atoms with Gasteiger partial charge in [-0.15, -0.1) is 0 Å². The van der Waals surface area contributed by atoms with Crippen LogP contribution in [0.1, 0.15) is 38.1 Å². The molecule has 262 valence electrons. The van der Waals surface area contributed by atoms with E-state index in [1.807, 2.05) is 46.2 Å². The standard InChI is InChI=1S/C37H41Cl2N7O4/c1-22(47)45-18-24(19-45)8-5-13-30-36(49-3)43-31(16-41-30)28-11-6-9-26(34(28)38)27-10-7-12-29(35(27)39)32-17-42-33(37(44-32)50-4)15-40-14-25-20-46(21-25)23(2)48/h6-7,9-12,16-17,24-25,40H,5,8,13-15,18-21H2,1-4H3. The summed E-state index contributed by atoms with van der Waals surface area (Å²) in [6, 6.07) is 11.4. The van der Waals surface area contributed by atoms with Crippen molar-refractivity contribution in [3.8, 4) is 45.4 Å². The quantitative estimate of drug-likeness (QED) is 0.179. The van der Waals surface area contributed by atoms with Crippen molar-refractivity contribution in [1.82, 2.24) is 35.1 Å². The summed E-state index contributed by atoms with van der Waals surface area (Å²) in [6.45, 7) is 7.66. The van der Waals surface area contributed by atoms with Gasteiger partial charge in [0, 0.05) is 81.3 Å². The molecule has 0 unspecified atom stereocenters. The van der Waals surface area contributed by atoms with Gasteiger partial charge in [0.2, 0.25) is 23.6 Å². The Balaban J connectivity index is 1.16. The number of likely N-dealkylation sites (tertiary alicyclic amines) is 2. The molecule has 0 spiro atoms. The first-order valence-corrected chi connectivity index (χ1v) is 17.5. The third kappa shape index (κ3) is 7.70. The van der Waals surface area contributed by atoms with Gasteiger partial charge in [-0.05, 0) is 25.2 Å². The molecule has 0 saturated carbocycles. The molecule has 6 rings (SSSR count). The van der Waals surface area contributed by atoms with Gasteiger partial charge < -0.3 is 24.6 Å². The van der Waals surface area contributed by atoms with E-state index in [1.54, 1.807) is 40.5 Å². The van der Waals surface area contributed by atoms with Gasteiger partial charge in [0.15, 0.2) is 0 Å². The van der Waals surface area contributed by atoms with Crippen molar-refractivity contribution in [2.45, 2.75) is 39.7 Å². The van der Waals surface area contributed by atoms with E-state index in [2.05, 4.69) is 10.3 Å². The lowest BCUT2D eigenvalue weighted by Crippen LogP contribution is -2.52. The van der Waals surface area contributed by atoms with Crippen molar-refractivity contribution >= 4 is 35.0 Å². The van der Waals surface area contributed by atoms with Gasteiger partial charge in [0.05, 0.1) is 48.0 Å². The minimum atomic E-state index is 0.110. The molecule has 13 heteroatoms. The van der Waals surface area contributed by atoms with Crippen LogP contribution in [0.2, 0.25) is 10.0 Å². The number of hydrogen-bond acceptors (Lipinski definition) is 9. The van der Waals surface area contributed by atoms with E-state index < -0.39 is 0 Å². The summed E-state index contributed by atoms with van der Waals surface area (Å²) in [4.78, 5) is 45.5. The average molecular weight is 719 g/mol. The minimum absolute atomic E-state index is 0.110. The Morgan fingerprint density at radius 3 is 1.76 bits per heavy atom. The number of ether oxygens (including phenoxy) is 2. The number of nitrogens with zero attached hydrogens (tertiary/aromatic N) is 6. The molecule has 0 radical (unpaired) electrons. The fourth-order valence-electron chi connectivity index (χ4n) is 6.47. The number of carbonyl (C=O) groups excluding carboxylic acids is 2. The normalized spacial score (nSPS) is 14.7. The number of hydrogen-bond donors (Lipinski definition) is 1. The van der Waals surface area contributed by atoms with Crippen LogP contribution < -0.4 is 14.8 Å². The third-order valence-electron chi connectivity index (χ3n) is 9.41. The Bertz CT molecular complexity index is 1740. The second-order valence-corrected chi connectivity index (χ2v) is 13.6. The van der Waals surface area contributed by atoms with Crippen LogP contribution in [0.4, 0.5) is 0 Å². The summed E-state index contributed by atoms with van der Waals surface area (Å²) in [7, 11) is 3.17. The maximum Gasteiger partial charge on any atom is 0.237 e. The molecular formula is C37H41Cl2N7O4. The Labute approximate surface area is 302 Å². The molecule has 1 N–H and O–H groups in total. The number of amides is 2. The molecule has 2 fully saturated rings. The molecule has 0 aliphatic carbocycles. The monoisotopic (exact) mass is 717 g/mol. The zero-order chi connectivity index (χ0) is 35.4. The molecule has 11 nitrogen and oxygen atoms in total. The van der Waals surface area contributed by atoms with Gasteiger partial charge in [-0.3, -0.25) is 19.6 Å². The van der Waals surface area contributed by atoms with Crippen LogP contribution in [-0.4, -0.2) is 88.5 Å². The molecule has 0 atom stereocenters. The molecule has 4 heterocycles. The smallest absolute Gasteiger partial charge is 0.237 e. The van der Waals surface area contributed by atoms with Crippen molar-refractivity contribution in [2.75, 3.05) is 46.9 Å².